The van der Waals surface area contributed by atoms with Gasteiger partial charge < -0.3 is 4.52 Å². The van der Waals surface area contributed by atoms with Crippen LogP contribution in [0.3, 0.4) is 0 Å². The van der Waals surface area contributed by atoms with E-state index in [1.807, 2.05) is 37.3 Å². The molecule has 0 bridgehead atoms. The Labute approximate surface area is 204 Å². The lowest BCUT2D eigenvalue weighted by Gasteiger charge is -2.35. The summed E-state index contributed by atoms with van der Waals surface area (Å²) in [5.41, 5.74) is 0.215. The van der Waals surface area contributed by atoms with Crippen LogP contribution in [0.15, 0.2) is 56.7 Å². The zero-order valence-corrected chi connectivity index (χ0v) is 21.4. The summed E-state index contributed by atoms with van der Waals surface area (Å²) in [6, 6.07) is 12.0. The quantitative estimate of drug-likeness (QED) is 0.430. The summed E-state index contributed by atoms with van der Waals surface area (Å²) in [6.45, 7) is 3.66. The highest BCUT2D eigenvalue weighted by Gasteiger charge is 2.42. The first kappa shape index (κ1) is 25.6. The van der Waals surface area contributed by atoms with Crippen LogP contribution in [-0.4, -0.2) is 43.2 Å². The second-order valence-corrected chi connectivity index (χ2v) is 12.7. The van der Waals surface area contributed by atoms with Gasteiger partial charge in [-0.15, -0.1) is 0 Å². The second-order valence-electron chi connectivity index (χ2n) is 9.16. The molecule has 190 valence electrons. The lowest BCUT2D eigenvalue weighted by molar-refractivity contribution is 0.289. The third kappa shape index (κ3) is 5.23. The molecule has 35 heavy (non-hydrogen) atoms. The Morgan fingerprint density at radius 3 is 2.54 bits per heavy atom. The molecule has 2 atom stereocenters. The van der Waals surface area contributed by atoms with Gasteiger partial charge in [0.15, 0.2) is 15.4 Å². The molecule has 0 saturated carbocycles. The minimum Gasteiger partial charge on any atom is -0.376 e. The zero-order chi connectivity index (χ0) is 25.4. The van der Waals surface area contributed by atoms with Crippen molar-refractivity contribution in [1.82, 2.24) is 10.1 Å². The van der Waals surface area contributed by atoms with Gasteiger partial charge in [0.2, 0.25) is 0 Å². The molecule has 1 aromatic heterocycles. The zero-order valence-electron chi connectivity index (χ0n) is 19.7. The van der Waals surface area contributed by atoms with E-state index in [1.54, 1.807) is 6.07 Å². The van der Waals surface area contributed by atoms with Gasteiger partial charge in [0, 0.05) is 5.54 Å². The fourth-order valence-corrected chi connectivity index (χ4v) is 7.31. The number of sulfone groups is 1. The predicted molar refractivity (Wildman–Crippen MR) is 133 cm³/mol. The molecule has 2 heterocycles. The van der Waals surface area contributed by atoms with Gasteiger partial charge in [-0.2, -0.15) is 13.2 Å². The number of unbranched alkanes of at least 4 members (excludes halogenated alkanes) is 1. The third-order valence-electron chi connectivity index (χ3n) is 6.71. The van der Waals surface area contributed by atoms with Crippen LogP contribution in [0.2, 0.25) is 0 Å². The van der Waals surface area contributed by atoms with Crippen LogP contribution in [0.1, 0.15) is 56.7 Å². The molecule has 1 aliphatic rings. The summed E-state index contributed by atoms with van der Waals surface area (Å²) < 4.78 is 65.2. The molecule has 2 N–H and O–H groups in total. The number of fused-ring (bicyclic) bond motifs is 2. The lowest BCUT2D eigenvalue weighted by atomic mass is 9.88. The SMILES string of the molecule is CCCC[C@]1(CC)CS(=O)(=O)c2cc3c(=O)n(CCS(=O)(=O)O)oc3cc2[C@@H](c2ccccc2)N1. The highest BCUT2D eigenvalue weighted by molar-refractivity contribution is 7.91. The van der Waals surface area contributed by atoms with Crippen LogP contribution in [-0.2, 0) is 26.5 Å². The number of aromatic nitrogens is 1. The molecule has 0 spiro atoms. The molecule has 2 aromatic carbocycles. The van der Waals surface area contributed by atoms with Gasteiger partial charge in [-0.1, -0.05) is 57.0 Å². The first-order valence-electron chi connectivity index (χ1n) is 11.7. The summed E-state index contributed by atoms with van der Waals surface area (Å²) >= 11 is 0. The number of hydrogen-bond acceptors (Lipinski definition) is 7. The van der Waals surface area contributed by atoms with Gasteiger partial charge >= 0.3 is 0 Å². The molecule has 0 saturated heterocycles. The first-order valence-corrected chi connectivity index (χ1v) is 14.9. The molecule has 0 aliphatic carbocycles. The van der Waals surface area contributed by atoms with Crippen molar-refractivity contribution in [3.8, 4) is 0 Å². The third-order valence-corrected chi connectivity index (χ3v) is 9.37. The van der Waals surface area contributed by atoms with Crippen LogP contribution < -0.4 is 10.9 Å². The van der Waals surface area contributed by atoms with Gasteiger partial charge in [0.1, 0.15) is 0 Å². The van der Waals surface area contributed by atoms with Gasteiger partial charge in [-0.05, 0) is 36.1 Å². The summed E-state index contributed by atoms with van der Waals surface area (Å²) in [4.78, 5) is 13.0. The Morgan fingerprint density at radius 2 is 1.91 bits per heavy atom. The van der Waals surface area contributed by atoms with Crippen molar-refractivity contribution in [2.75, 3.05) is 11.5 Å². The first-order chi connectivity index (χ1) is 16.5. The van der Waals surface area contributed by atoms with Crippen molar-refractivity contribution in [3.63, 3.8) is 0 Å². The molecule has 4 rings (SSSR count). The van der Waals surface area contributed by atoms with Crippen LogP contribution in [0.4, 0.5) is 0 Å². The molecular formula is C24H30N2O7S2. The highest BCUT2D eigenvalue weighted by Crippen LogP contribution is 2.39. The summed E-state index contributed by atoms with van der Waals surface area (Å²) in [5.74, 6) is -0.803. The van der Waals surface area contributed by atoms with E-state index in [-0.39, 0.29) is 28.2 Å². The van der Waals surface area contributed by atoms with Gasteiger partial charge in [0.05, 0.1) is 34.4 Å². The fourth-order valence-electron chi connectivity index (χ4n) is 4.77. The smallest absolute Gasteiger partial charge is 0.290 e. The molecule has 0 amide bonds. The monoisotopic (exact) mass is 522 g/mol. The minimum absolute atomic E-state index is 0.0482. The summed E-state index contributed by atoms with van der Waals surface area (Å²) in [7, 11) is -8.10. The van der Waals surface area contributed by atoms with E-state index in [4.69, 9.17) is 9.08 Å². The van der Waals surface area contributed by atoms with Crippen molar-refractivity contribution >= 4 is 30.9 Å². The van der Waals surface area contributed by atoms with Crippen molar-refractivity contribution in [3.05, 3.63) is 63.9 Å². The summed E-state index contributed by atoms with van der Waals surface area (Å²) in [5, 5.41) is 3.70. The molecule has 0 radical (unpaired) electrons. The maximum absolute atomic E-state index is 13.7. The molecule has 0 fully saturated rings. The maximum atomic E-state index is 13.7. The van der Waals surface area contributed by atoms with E-state index in [1.165, 1.54) is 6.07 Å². The van der Waals surface area contributed by atoms with E-state index in [9.17, 15) is 21.6 Å². The lowest BCUT2D eigenvalue weighted by Crippen LogP contribution is -2.50. The molecule has 11 heteroatoms. The molecule has 9 nitrogen and oxygen atoms in total. The fraction of sp³-hybridized carbons (Fsp3) is 0.458. The number of nitrogens with zero attached hydrogens (tertiary/aromatic N) is 1. The van der Waals surface area contributed by atoms with E-state index in [0.29, 0.717) is 18.4 Å². The van der Waals surface area contributed by atoms with Crippen molar-refractivity contribution in [2.24, 2.45) is 0 Å². The van der Waals surface area contributed by atoms with E-state index in [0.717, 1.165) is 23.1 Å². The van der Waals surface area contributed by atoms with Gasteiger partial charge in [-0.3, -0.25) is 14.7 Å². The normalized spacial score (nSPS) is 22.1. The number of rotatable bonds is 8. The number of hydrogen-bond donors (Lipinski definition) is 2. The Bertz CT molecular complexity index is 1490. The Balaban J connectivity index is 1.93. The minimum atomic E-state index is -4.31. The topological polar surface area (TPSA) is 136 Å². The number of aryl methyl sites for hydroxylation is 1. The van der Waals surface area contributed by atoms with Crippen LogP contribution in [0.25, 0.3) is 11.0 Å². The largest absolute Gasteiger partial charge is 0.376 e. The molecule has 3 aromatic rings. The van der Waals surface area contributed by atoms with E-state index in [2.05, 4.69) is 12.2 Å². The van der Waals surface area contributed by atoms with Crippen molar-refractivity contribution in [1.29, 1.82) is 0 Å². The highest BCUT2D eigenvalue weighted by atomic mass is 32.2. The predicted octanol–water partition coefficient (Wildman–Crippen LogP) is 3.29. The summed E-state index contributed by atoms with van der Waals surface area (Å²) in [6.07, 6.45) is 3.11. The van der Waals surface area contributed by atoms with E-state index >= 15 is 0 Å². The average Bonchev–Trinajstić information content (AvgIpc) is 3.08. The average molecular weight is 523 g/mol. The Hall–Kier alpha value is -2.47. The Morgan fingerprint density at radius 1 is 1.20 bits per heavy atom. The van der Waals surface area contributed by atoms with Crippen molar-refractivity contribution < 1.29 is 25.9 Å². The van der Waals surface area contributed by atoms with E-state index < -0.39 is 42.8 Å². The van der Waals surface area contributed by atoms with Crippen LogP contribution in [0, 0.1) is 0 Å². The van der Waals surface area contributed by atoms with Crippen LogP contribution >= 0.6 is 0 Å². The molecule has 1 aliphatic heterocycles. The standard InChI is InChI=1S/C24H30N2O7S2/c1-3-5-11-24(4-2)16-34(28,29)21-15-18-20(33-26(23(18)27)12-13-35(30,31)32)14-19(21)22(25-24)17-9-7-6-8-10-17/h6-10,14-15,22,25H,3-5,11-13,16H2,1-2H3,(H,30,31,32)/t22-,24-/m1/s1. The maximum Gasteiger partial charge on any atom is 0.290 e. The van der Waals surface area contributed by atoms with Crippen molar-refractivity contribution in [2.45, 2.75) is 62.6 Å². The van der Waals surface area contributed by atoms with Gasteiger partial charge in [0.25, 0.3) is 15.7 Å². The number of benzene rings is 2. The van der Waals surface area contributed by atoms with Crippen LogP contribution in [0.5, 0.6) is 0 Å². The molecular weight excluding hydrogens is 492 g/mol. The van der Waals surface area contributed by atoms with Gasteiger partial charge in [-0.25, -0.2) is 8.42 Å². The number of nitrogens with one attached hydrogen (secondary N) is 1. The Kier molecular flexibility index (Phi) is 6.98. The molecule has 0 unspecified atom stereocenters. The second kappa shape index (κ2) is 9.53.